The van der Waals surface area contributed by atoms with Gasteiger partial charge in [-0.05, 0) is 12.8 Å². The van der Waals surface area contributed by atoms with Crippen molar-refractivity contribution in [2.75, 3.05) is 13.2 Å². The molecule has 0 bridgehead atoms. The lowest BCUT2D eigenvalue weighted by molar-refractivity contribution is 0.258. The number of rotatable bonds is 20. The summed E-state index contributed by atoms with van der Waals surface area (Å²) < 4.78 is 12.7. The zero-order chi connectivity index (χ0) is 29.7. The SMILES string of the molecule is CCCCCCCCCCOc1cc(C#C[Si](C)(C)C)c(C#C[Si](C)(C)C)cc1OCCCCCCCCCC. The maximum Gasteiger partial charge on any atom is 0.162 e. The standard InChI is InChI=1S/C36H62O2Si2/c1-9-11-13-15-17-19-21-23-27-37-35-31-33(25-29-39(3,4)5)34(26-30-40(6,7)8)32-36(35)38-28-24-22-20-18-16-14-12-10-2/h31-32H,9-24,27-28H2,1-8H3. The van der Waals surface area contributed by atoms with E-state index in [0.29, 0.717) is 0 Å². The number of ether oxygens (including phenoxy) is 2. The minimum Gasteiger partial charge on any atom is -0.490 e. The Morgan fingerprint density at radius 1 is 0.475 bits per heavy atom. The first-order valence-corrected chi connectivity index (χ1v) is 23.6. The molecule has 1 aromatic carbocycles. The van der Waals surface area contributed by atoms with Gasteiger partial charge in [-0.2, -0.15) is 0 Å². The fourth-order valence-electron chi connectivity index (χ4n) is 4.34. The predicted octanol–water partition coefficient (Wildman–Crippen LogP) is 11.2. The molecule has 0 radical (unpaired) electrons. The lowest BCUT2D eigenvalue weighted by atomic mass is 10.1. The summed E-state index contributed by atoms with van der Waals surface area (Å²) in [6.07, 6.45) is 20.7. The number of hydrogen-bond donors (Lipinski definition) is 0. The van der Waals surface area contributed by atoms with Gasteiger partial charge in [-0.1, -0.05) is 155 Å². The second-order valence-corrected chi connectivity index (χ2v) is 23.0. The maximum atomic E-state index is 6.37. The molecule has 1 rings (SSSR count). The first kappa shape index (κ1) is 36.4. The van der Waals surface area contributed by atoms with Crippen LogP contribution in [-0.4, -0.2) is 29.4 Å². The molecule has 226 valence electrons. The Hall–Kier alpha value is -1.63. The third kappa shape index (κ3) is 19.5. The van der Waals surface area contributed by atoms with Gasteiger partial charge in [0.2, 0.25) is 0 Å². The van der Waals surface area contributed by atoms with Gasteiger partial charge in [0, 0.05) is 23.3 Å². The second kappa shape index (κ2) is 21.1. The summed E-state index contributed by atoms with van der Waals surface area (Å²) in [5.74, 6) is 8.64. The van der Waals surface area contributed by atoms with E-state index in [1.54, 1.807) is 0 Å². The third-order valence-electron chi connectivity index (χ3n) is 6.74. The Kier molecular flexibility index (Phi) is 19.2. The summed E-state index contributed by atoms with van der Waals surface area (Å²) in [6, 6.07) is 4.21. The summed E-state index contributed by atoms with van der Waals surface area (Å²) in [6.45, 7) is 19.7. The van der Waals surface area contributed by atoms with Gasteiger partial charge < -0.3 is 9.47 Å². The Morgan fingerprint density at radius 2 is 0.775 bits per heavy atom. The van der Waals surface area contributed by atoms with Crippen LogP contribution >= 0.6 is 0 Å². The van der Waals surface area contributed by atoms with Gasteiger partial charge in [0.05, 0.1) is 13.2 Å². The van der Waals surface area contributed by atoms with Crippen molar-refractivity contribution >= 4 is 16.1 Å². The molecule has 0 aliphatic rings. The second-order valence-electron chi connectivity index (χ2n) is 13.5. The van der Waals surface area contributed by atoms with Crippen molar-refractivity contribution in [1.29, 1.82) is 0 Å². The molecule has 0 aromatic heterocycles. The molecule has 0 unspecified atom stereocenters. The summed E-state index contributed by atoms with van der Waals surface area (Å²) in [5, 5.41) is 0. The fourth-order valence-corrected chi connectivity index (χ4v) is 5.36. The van der Waals surface area contributed by atoms with E-state index < -0.39 is 16.1 Å². The van der Waals surface area contributed by atoms with Crippen LogP contribution in [0.15, 0.2) is 12.1 Å². The van der Waals surface area contributed by atoms with Crippen LogP contribution in [0.1, 0.15) is 128 Å². The van der Waals surface area contributed by atoms with Crippen LogP contribution in [0.2, 0.25) is 39.3 Å². The Morgan fingerprint density at radius 3 is 1.07 bits per heavy atom. The molecule has 0 atom stereocenters. The van der Waals surface area contributed by atoms with Crippen LogP contribution < -0.4 is 9.47 Å². The van der Waals surface area contributed by atoms with Gasteiger partial charge in [0.1, 0.15) is 16.1 Å². The van der Waals surface area contributed by atoms with E-state index in [1.807, 2.05) is 0 Å². The van der Waals surface area contributed by atoms with Crippen molar-refractivity contribution in [3.05, 3.63) is 23.3 Å². The molecule has 0 N–H and O–H groups in total. The molecule has 0 fully saturated rings. The lowest BCUT2D eigenvalue weighted by Gasteiger charge is -2.15. The zero-order valence-corrected chi connectivity index (χ0v) is 29.7. The summed E-state index contributed by atoms with van der Waals surface area (Å²) >= 11 is 0. The topological polar surface area (TPSA) is 18.5 Å². The van der Waals surface area contributed by atoms with E-state index in [1.165, 1.54) is 89.9 Å². The summed E-state index contributed by atoms with van der Waals surface area (Å²) in [7, 11) is -3.05. The average molecular weight is 583 g/mol. The van der Waals surface area contributed by atoms with Gasteiger partial charge in [0.15, 0.2) is 11.5 Å². The molecular formula is C36H62O2Si2. The minimum absolute atomic E-state index is 0.726. The number of unbranched alkanes of at least 4 members (excludes halogenated alkanes) is 14. The van der Waals surface area contributed by atoms with Gasteiger partial charge in [-0.25, -0.2) is 0 Å². The smallest absolute Gasteiger partial charge is 0.162 e. The largest absolute Gasteiger partial charge is 0.490 e. The fraction of sp³-hybridized carbons (Fsp3) is 0.722. The highest BCUT2D eigenvalue weighted by Crippen LogP contribution is 2.32. The first-order chi connectivity index (χ1) is 19.1. The number of benzene rings is 1. The Bertz CT molecular complexity index is 855. The summed E-state index contributed by atoms with van der Waals surface area (Å²) in [4.78, 5) is 0. The van der Waals surface area contributed by atoms with Crippen molar-refractivity contribution in [2.24, 2.45) is 0 Å². The van der Waals surface area contributed by atoms with E-state index in [9.17, 15) is 0 Å². The van der Waals surface area contributed by atoms with Crippen LogP contribution in [0.3, 0.4) is 0 Å². The van der Waals surface area contributed by atoms with Gasteiger partial charge >= 0.3 is 0 Å². The van der Waals surface area contributed by atoms with Crippen molar-refractivity contribution in [3.8, 4) is 34.4 Å². The molecule has 0 heterocycles. The lowest BCUT2D eigenvalue weighted by Crippen LogP contribution is -2.17. The maximum absolute atomic E-state index is 6.37. The van der Waals surface area contributed by atoms with E-state index >= 15 is 0 Å². The molecule has 4 heteroatoms. The van der Waals surface area contributed by atoms with Gasteiger partial charge in [-0.15, -0.1) is 11.1 Å². The Balaban J connectivity index is 2.95. The highest BCUT2D eigenvalue weighted by atomic mass is 28.3. The molecule has 0 saturated heterocycles. The van der Waals surface area contributed by atoms with Crippen LogP contribution in [-0.2, 0) is 0 Å². The molecule has 0 aliphatic carbocycles. The van der Waals surface area contributed by atoms with Crippen LogP contribution in [0.5, 0.6) is 11.5 Å². The predicted molar refractivity (Wildman–Crippen MR) is 183 cm³/mol. The molecule has 2 nitrogen and oxygen atoms in total. The highest BCUT2D eigenvalue weighted by Gasteiger charge is 2.14. The van der Waals surface area contributed by atoms with Gasteiger partial charge in [-0.3, -0.25) is 0 Å². The van der Waals surface area contributed by atoms with Crippen molar-refractivity contribution in [3.63, 3.8) is 0 Å². The minimum atomic E-state index is -1.52. The van der Waals surface area contributed by atoms with E-state index in [0.717, 1.165) is 48.7 Å². The van der Waals surface area contributed by atoms with E-state index in [2.05, 4.69) is 88.2 Å². The molecule has 0 saturated carbocycles. The zero-order valence-electron chi connectivity index (χ0n) is 27.7. The normalized spacial score (nSPS) is 11.4. The molecule has 0 spiro atoms. The van der Waals surface area contributed by atoms with Crippen molar-refractivity contribution in [1.82, 2.24) is 0 Å². The monoisotopic (exact) mass is 582 g/mol. The average Bonchev–Trinajstić information content (AvgIpc) is 2.88. The first-order valence-electron chi connectivity index (χ1n) is 16.6. The Labute approximate surface area is 251 Å². The molecule has 0 aliphatic heterocycles. The number of hydrogen-bond acceptors (Lipinski definition) is 2. The van der Waals surface area contributed by atoms with E-state index in [-0.39, 0.29) is 0 Å². The quantitative estimate of drug-likeness (QED) is 0.0864. The van der Waals surface area contributed by atoms with Crippen molar-refractivity contribution < 1.29 is 9.47 Å². The molecular weight excluding hydrogens is 521 g/mol. The highest BCUT2D eigenvalue weighted by molar-refractivity contribution is 6.84. The molecule has 1 aromatic rings. The van der Waals surface area contributed by atoms with Crippen LogP contribution in [0.25, 0.3) is 0 Å². The van der Waals surface area contributed by atoms with Crippen molar-refractivity contribution in [2.45, 2.75) is 156 Å². The third-order valence-corrected chi connectivity index (χ3v) is 8.49. The van der Waals surface area contributed by atoms with Gasteiger partial charge in [0.25, 0.3) is 0 Å². The summed E-state index contributed by atoms with van der Waals surface area (Å²) in [5.41, 5.74) is 9.07. The van der Waals surface area contributed by atoms with E-state index in [4.69, 9.17) is 9.47 Å². The van der Waals surface area contributed by atoms with Crippen LogP contribution in [0, 0.1) is 22.9 Å². The molecule has 0 amide bonds. The molecule has 40 heavy (non-hydrogen) atoms. The van der Waals surface area contributed by atoms with Crippen LogP contribution in [0.4, 0.5) is 0 Å².